The van der Waals surface area contributed by atoms with E-state index in [-0.39, 0.29) is 40.8 Å². The molecule has 3 rings (SSSR count). The zero-order valence-corrected chi connectivity index (χ0v) is 15.9. The fraction of sp³-hybridized carbons (Fsp3) is 0.500. The third-order valence-electron chi connectivity index (χ3n) is 5.11. The fourth-order valence-electron chi connectivity index (χ4n) is 3.72. The summed E-state index contributed by atoms with van der Waals surface area (Å²) in [5.74, 6) is -1.60. The summed E-state index contributed by atoms with van der Waals surface area (Å²) in [6, 6.07) is 4.15. The van der Waals surface area contributed by atoms with Crippen LogP contribution in [-0.2, 0) is 14.8 Å². The van der Waals surface area contributed by atoms with Crippen LogP contribution in [0, 0.1) is 5.92 Å². The molecule has 146 valence electrons. The summed E-state index contributed by atoms with van der Waals surface area (Å²) in [6.07, 6.45) is 2.23. The molecular weight excluding hydrogens is 372 g/mol. The lowest BCUT2D eigenvalue weighted by Crippen LogP contribution is -2.40. The van der Waals surface area contributed by atoms with Gasteiger partial charge in [0, 0.05) is 31.6 Å². The minimum Gasteiger partial charge on any atom is -0.481 e. The molecule has 27 heavy (non-hydrogen) atoms. The van der Waals surface area contributed by atoms with Crippen LogP contribution in [0.5, 0.6) is 0 Å². The predicted molar refractivity (Wildman–Crippen MR) is 95.8 cm³/mol. The summed E-state index contributed by atoms with van der Waals surface area (Å²) < 4.78 is 25.8. The predicted octanol–water partition coefficient (Wildman–Crippen LogP) is 1.57. The smallest absolute Gasteiger partial charge is 0.303 e. The number of carbonyl (C=O) groups excluding carboxylic acids is 2. The Morgan fingerprint density at radius 2 is 2.04 bits per heavy atom. The van der Waals surface area contributed by atoms with E-state index in [9.17, 15) is 22.8 Å². The van der Waals surface area contributed by atoms with Crippen LogP contribution < -0.4 is 0 Å². The quantitative estimate of drug-likeness (QED) is 0.811. The highest BCUT2D eigenvalue weighted by molar-refractivity contribution is 7.90. The summed E-state index contributed by atoms with van der Waals surface area (Å²) in [6.45, 7) is 2.62. The number of amides is 2. The highest BCUT2D eigenvalue weighted by Crippen LogP contribution is 2.31. The Morgan fingerprint density at radius 1 is 1.30 bits per heavy atom. The fourth-order valence-corrected chi connectivity index (χ4v) is 5.32. The summed E-state index contributed by atoms with van der Waals surface area (Å²) in [4.78, 5) is 37.3. The minimum atomic E-state index is -3.91. The molecule has 1 atom stereocenters. The van der Waals surface area contributed by atoms with E-state index in [2.05, 4.69) is 0 Å². The summed E-state index contributed by atoms with van der Waals surface area (Å²) in [5, 5.41) is 8.83. The van der Waals surface area contributed by atoms with Gasteiger partial charge in [0.25, 0.3) is 21.8 Å². The van der Waals surface area contributed by atoms with Gasteiger partial charge in [0.2, 0.25) is 0 Å². The van der Waals surface area contributed by atoms with Crippen LogP contribution in [-0.4, -0.2) is 60.1 Å². The molecule has 1 aromatic carbocycles. The minimum absolute atomic E-state index is 0.0382. The topological polar surface area (TPSA) is 112 Å². The zero-order valence-electron chi connectivity index (χ0n) is 15.1. The second kappa shape index (κ2) is 7.30. The van der Waals surface area contributed by atoms with E-state index in [1.807, 2.05) is 0 Å². The number of likely N-dealkylation sites (tertiary alicyclic amines) is 1. The van der Waals surface area contributed by atoms with Gasteiger partial charge < -0.3 is 10.0 Å². The zero-order chi connectivity index (χ0) is 19.8. The van der Waals surface area contributed by atoms with Gasteiger partial charge >= 0.3 is 5.97 Å². The van der Waals surface area contributed by atoms with Gasteiger partial charge in [-0.2, -0.15) is 0 Å². The third kappa shape index (κ3) is 3.55. The number of benzene rings is 1. The number of hydrogen-bond donors (Lipinski definition) is 1. The largest absolute Gasteiger partial charge is 0.481 e. The number of carboxylic acids is 1. The van der Waals surface area contributed by atoms with Gasteiger partial charge in [0.1, 0.15) is 4.90 Å². The maximum absolute atomic E-state index is 12.8. The lowest BCUT2D eigenvalue weighted by molar-refractivity contribution is -0.137. The maximum atomic E-state index is 12.8. The first-order valence-electron chi connectivity index (χ1n) is 8.98. The molecule has 1 aromatic rings. The highest BCUT2D eigenvalue weighted by atomic mass is 32.2. The van der Waals surface area contributed by atoms with Crippen LogP contribution >= 0.6 is 0 Å². The van der Waals surface area contributed by atoms with Crippen molar-refractivity contribution < 1.29 is 27.9 Å². The van der Waals surface area contributed by atoms with E-state index in [0.717, 1.165) is 17.1 Å². The lowest BCUT2D eigenvalue weighted by Gasteiger charge is -2.32. The highest BCUT2D eigenvalue weighted by Gasteiger charge is 2.40. The van der Waals surface area contributed by atoms with E-state index in [1.54, 1.807) is 11.8 Å². The maximum Gasteiger partial charge on any atom is 0.303 e. The normalized spacial score (nSPS) is 21.2. The van der Waals surface area contributed by atoms with Crippen LogP contribution in [0.2, 0.25) is 0 Å². The van der Waals surface area contributed by atoms with Crippen molar-refractivity contribution >= 4 is 27.8 Å². The second-order valence-electron chi connectivity index (χ2n) is 6.88. The van der Waals surface area contributed by atoms with Crippen molar-refractivity contribution in [2.75, 3.05) is 19.6 Å². The molecule has 9 heteroatoms. The molecule has 0 spiro atoms. The van der Waals surface area contributed by atoms with Crippen LogP contribution in [0.15, 0.2) is 23.1 Å². The van der Waals surface area contributed by atoms with Crippen molar-refractivity contribution in [1.29, 1.82) is 0 Å². The molecule has 1 N–H and O–H groups in total. The van der Waals surface area contributed by atoms with Crippen LogP contribution in [0.25, 0.3) is 0 Å². The van der Waals surface area contributed by atoms with Gasteiger partial charge in [0.05, 0.1) is 5.56 Å². The Hall–Kier alpha value is -2.42. The van der Waals surface area contributed by atoms with Crippen molar-refractivity contribution in [3.63, 3.8) is 0 Å². The molecule has 8 nitrogen and oxygen atoms in total. The van der Waals surface area contributed by atoms with E-state index in [0.29, 0.717) is 19.5 Å². The van der Waals surface area contributed by atoms with E-state index >= 15 is 0 Å². The average Bonchev–Trinajstić information content (AvgIpc) is 2.84. The number of aliphatic carboxylic acids is 1. The lowest BCUT2D eigenvalue weighted by atomic mass is 9.93. The molecule has 2 aliphatic rings. The number of carbonyl (C=O) groups is 3. The molecule has 2 heterocycles. The molecule has 2 amide bonds. The monoisotopic (exact) mass is 394 g/mol. The van der Waals surface area contributed by atoms with Crippen LogP contribution in [0.4, 0.5) is 0 Å². The molecule has 0 aromatic heterocycles. The Balaban J connectivity index is 1.81. The Kier molecular flexibility index (Phi) is 5.23. The van der Waals surface area contributed by atoms with Crippen LogP contribution in [0.3, 0.4) is 0 Å². The number of piperidine rings is 1. The Morgan fingerprint density at radius 3 is 2.70 bits per heavy atom. The number of nitrogens with zero attached hydrogens (tertiary/aromatic N) is 2. The number of carboxylic acid groups (broad SMARTS) is 1. The summed E-state index contributed by atoms with van der Waals surface area (Å²) in [7, 11) is -3.91. The van der Waals surface area contributed by atoms with Crippen LogP contribution in [0.1, 0.15) is 53.3 Å². The molecule has 1 saturated heterocycles. The number of sulfonamides is 1. The Labute approximate surface area is 157 Å². The number of fused-ring (bicyclic) bond motifs is 1. The van der Waals surface area contributed by atoms with E-state index in [4.69, 9.17) is 5.11 Å². The van der Waals surface area contributed by atoms with E-state index in [1.165, 1.54) is 18.2 Å². The first-order valence-corrected chi connectivity index (χ1v) is 10.4. The Bertz CT molecular complexity index is 895. The third-order valence-corrected chi connectivity index (χ3v) is 7.01. The van der Waals surface area contributed by atoms with Crippen molar-refractivity contribution in [2.45, 2.75) is 37.5 Å². The molecule has 0 bridgehead atoms. The van der Waals surface area contributed by atoms with Gasteiger partial charge in [-0.25, -0.2) is 12.7 Å². The van der Waals surface area contributed by atoms with Gasteiger partial charge in [-0.05, 0) is 50.3 Å². The van der Waals surface area contributed by atoms with Crippen molar-refractivity contribution in [2.24, 2.45) is 5.92 Å². The first kappa shape index (κ1) is 19.3. The second-order valence-corrected chi connectivity index (χ2v) is 8.71. The molecule has 0 radical (unpaired) electrons. The average molecular weight is 394 g/mol. The van der Waals surface area contributed by atoms with Crippen molar-refractivity contribution in [1.82, 2.24) is 9.21 Å². The van der Waals surface area contributed by atoms with E-state index < -0.39 is 21.9 Å². The van der Waals surface area contributed by atoms with Crippen molar-refractivity contribution in [3.8, 4) is 0 Å². The molecule has 0 aliphatic carbocycles. The van der Waals surface area contributed by atoms with Gasteiger partial charge in [-0.15, -0.1) is 0 Å². The van der Waals surface area contributed by atoms with Crippen molar-refractivity contribution in [3.05, 3.63) is 29.3 Å². The van der Waals surface area contributed by atoms with Gasteiger partial charge in [-0.3, -0.25) is 14.4 Å². The molecule has 0 saturated carbocycles. The summed E-state index contributed by atoms with van der Waals surface area (Å²) in [5.41, 5.74) is 0.313. The molecule has 2 aliphatic heterocycles. The first-order chi connectivity index (χ1) is 12.8. The standard InChI is InChI=1S/C18H22N2O6S/c1-2-20-18(24)14-7-6-13(10-15(14)27(20,25)26)17(23)19-9-3-4-12(11-19)5-8-16(21)22/h6-7,10,12H,2-5,8-9,11H2,1H3,(H,21,22). The molecular formula is C18H22N2O6S. The van der Waals surface area contributed by atoms with Gasteiger partial charge in [-0.1, -0.05) is 0 Å². The molecule has 1 fully saturated rings. The summed E-state index contributed by atoms with van der Waals surface area (Å²) >= 11 is 0. The number of hydrogen-bond acceptors (Lipinski definition) is 5. The van der Waals surface area contributed by atoms with Gasteiger partial charge in [0.15, 0.2) is 0 Å². The SMILES string of the molecule is CCN1C(=O)c2ccc(C(=O)N3CCCC(CCC(=O)O)C3)cc2S1(=O)=O. The molecule has 1 unspecified atom stereocenters. The number of rotatable bonds is 5.